The Bertz CT molecular complexity index is 553. The Labute approximate surface area is 121 Å². The van der Waals surface area contributed by atoms with Crippen LogP contribution in [0.25, 0.3) is 0 Å². The van der Waals surface area contributed by atoms with Crippen LogP contribution < -0.4 is 10.6 Å². The number of hydrogen-bond donors (Lipinski definition) is 3. The summed E-state index contributed by atoms with van der Waals surface area (Å²) in [4.78, 5) is 12.4. The first kappa shape index (κ1) is 15.0. The number of nitrogens with two attached hydrogens (primary N) is 1. The van der Waals surface area contributed by atoms with Crippen molar-refractivity contribution < 1.29 is 15.2 Å². The van der Waals surface area contributed by atoms with Crippen LogP contribution in [0.1, 0.15) is 18.4 Å². The van der Waals surface area contributed by atoms with Crippen LogP contribution in [-0.4, -0.2) is 40.8 Å². The molecule has 4 N–H and O–H groups in total. The highest BCUT2D eigenvalue weighted by Crippen LogP contribution is 2.29. The van der Waals surface area contributed by atoms with Crippen LogP contribution in [0.5, 0.6) is 0 Å². The molecular formula is C13H18N4O4. The second kappa shape index (κ2) is 6.40. The molecule has 0 saturated carbocycles. The number of aliphatic hydroxyl groups is 1. The third kappa shape index (κ3) is 3.22. The molecule has 0 atom stereocenters. The van der Waals surface area contributed by atoms with Crippen molar-refractivity contribution in [1.82, 2.24) is 0 Å². The fourth-order valence-corrected chi connectivity index (χ4v) is 2.53. The highest BCUT2D eigenvalue weighted by Gasteiger charge is 2.23. The molecule has 0 radical (unpaired) electrons. The number of aliphatic hydroxyl groups excluding tert-OH is 1. The topological polar surface area (TPSA) is 125 Å². The number of non-ortho nitro benzene ring substituents is 1. The van der Waals surface area contributed by atoms with Gasteiger partial charge in [0.2, 0.25) is 0 Å². The molecule has 21 heavy (non-hydrogen) atoms. The van der Waals surface area contributed by atoms with E-state index in [1.54, 1.807) is 6.07 Å². The number of piperidine rings is 1. The van der Waals surface area contributed by atoms with Crippen molar-refractivity contribution in [2.24, 2.45) is 16.8 Å². The Kier molecular flexibility index (Phi) is 4.59. The van der Waals surface area contributed by atoms with Gasteiger partial charge in [0.05, 0.1) is 10.5 Å². The summed E-state index contributed by atoms with van der Waals surface area (Å²) in [7, 11) is 0. The summed E-state index contributed by atoms with van der Waals surface area (Å²) in [6, 6.07) is 4.33. The van der Waals surface area contributed by atoms with Crippen molar-refractivity contribution >= 4 is 17.2 Å². The first-order valence-electron chi connectivity index (χ1n) is 6.69. The summed E-state index contributed by atoms with van der Waals surface area (Å²) >= 11 is 0. The van der Waals surface area contributed by atoms with Crippen molar-refractivity contribution in [2.75, 3.05) is 24.6 Å². The molecule has 0 amide bonds. The molecule has 1 saturated heterocycles. The van der Waals surface area contributed by atoms with Crippen LogP contribution in [0, 0.1) is 16.0 Å². The van der Waals surface area contributed by atoms with E-state index in [0.29, 0.717) is 11.3 Å². The molecule has 1 aliphatic rings. The van der Waals surface area contributed by atoms with E-state index in [2.05, 4.69) is 5.16 Å². The summed E-state index contributed by atoms with van der Waals surface area (Å²) < 4.78 is 0. The van der Waals surface area contributed by atoms with Gasteiger partial charge in [-0.15, -0.1) is 0 Å². The van der Waals surface area contributed by atoms with E-state index in [4.69, 9.17) is 16.0 Å². The van der Waals surface area contributed by atoms with E-state index in [1.165, 1.54) is 12.1 Å². The van der Waals surface area contributed by atoms with Gasteiger partial charge in [0, 0.05) is 37.5 Å². The molecule has 114 valence electrons. The van der Waals surface area contributed by atoms with Gasteiger partial charge >= 0.3 is 0 Å². The lowest BCUT2D eigenvalue weighted by Gasteiger charge is -2.33. The lowest BCUT2D eigenvalue weighted by Crippen LogP contribution is -2.36. The van der Waals surface area contributed by atoms with E-state index in [0.717, 1.165) is 25.9 Å². The fourth-order valence-electron chi connectivity index (χ4n) is 2.53. The van der Waals surface area contributed by atoms with Gasteiger partial charge < -0.3 is 20.9 Å². The number of nitro groups is 1. The van der Waals surface area contributed by atoms with Gasteiger partial charge in [0.1, 0.15) is 0 Å². The van der Waals surface area contributed by atoms with Gasteiger partial charge in [-0.05, 0) is 24.8 Å². The van der Waals surface area contributed by atoms with Crippen molar-refractivity contribution in [3.8, 4) is 0 Å². The first-order valence-corrected chi connectivity index (χ1v) is 6.69. The number of oxime groups is 1. The largest absolute Gasteiger partial charge is 0.409 e. The van der Waals surface area contributed by atoms with Gasteiger partial charge in [-0.1, -0.05) is 5.16 Å². The summed E-state index contributed by atoms with van der Waals surface area (Å²) in [6.07, 6.45) is 1.67. The Morgan fingerprint density at radius 2 is 2.14 bits per heavy atom. The third-order valence-electron chi connectivity index (χ3n) is 3.79. The molecule has 0 aliphatic carbocycles. The minimum atomic E-state index is -0.518. The number of rotatable bonds is 4. The summed E-state index contributed by atoms with van der Waals surface area (Å²) in [5, 5.41) is 31.8. The predicted octanol–water partition coefficient (Wildman–Crippen LogP) is 0.898. The Morgan fingerprint density at radius 1 is 1.48 bits per heavy atom. The highest BCUT2D eigenvalue weighted by atomic mass is 16.6. The Hall–Kier alpha value is -2.35. The maximum Gasteiger partial charge on any atom is 0.270 e. The average molecular weight is 294 g/mol. The SMILES string of the molecule is NC(=NO)c1cc([N+](=O)[O-])ccc1N1CCC(CO)CC1. The second-order valence-electron chi connectivity index (χ2n) is 5.06. The van der Waals surface area contributed by atoms with E-state index in [9.17, 15) is 10.1 Å². The van der Waals surface area contributed by atoms with Crippen LogP contribution in [0.3, 0.4) is 0 Å². The van der Waals surface area contributed by atoms with Crippen LogP contribution >= 0.6 is 0 Å². The molecule has 8 heteroatoms. The van der Waals surface area contributed by atoms with Crippen LogP contribution in [0.15, 0.2) is 23.4 Å². The van der Waals surface area contributed by atoms with Gasteiger partial charge in [0.25, 0.3) is 5.69 Å². The molecular weight excluding hydrogens is 276 g/mol. The highest BCUT2D eigenvalue weighted by molar-refractivity contribution is 6.02. The van der Waals surface area contributed by atoms with Gasteiger partial charge in [-0.2, -0.15) is 0 Å². The monoisotopic (exact) mass is 294 g/mol. The maximum atomic E-state index is 10.9. The summed E-state index contributed by atoms with van der Waals surface area (Å²) in [6.45, 7) is 1.60. The molecule has 1 fully saturated rings. The van der Waals surface area contributed by atoms with Crippen molar-refractivity contribution in [3.63, 3.8) is 0 Å². The molecule has 0 bridgehead atoms. The second-order valence-corrected chi connectivity index (χ2v) is 5.06. The average Bonchev–Trinajstić information content (AvgIpc) is 2.53. The fraction of sp³-hybridized carbons (Fsp3) is 0.462. The molecule has 0 aromatic heterocycles. The van der Waals surface area contributed by atoms with Crippen molar-refractivity contribution in [1.29, 1.82) is 0 Å². The minimum Gasteiger partial charge on any atom is -0.409 e. The molecule has 0 unspecified atom stereocenters. The zero-order valence-corrected chi connectivity index (χ0v) is 11.5. The Balaban J connectivity index is 2.32. The van der Waals surface area contributed by atoms with Crippen molar-refractivity contribution in [2.45, 2.75) is 12.8 Å². The maximum absolute atomic E-state index is 10.9. The van der Waals surface area contributed by atoms with E-state index < -0.39 is 4.92 Å². The zero-order valence-electron chi connectivity index (χ0n) is 11.5. The van der Waals surface area contributed by atoms with Crippen molar-refractivity contribution in [3.05, 3.63) is 33.9 Å². The lowest BCUT2D eigenvalue weighted by atomic mass is 9.96. The Morgan fingerprint density at radius 3 is 2.67 bits per heavy atom. The number of nitro benzene ring substituents is 1. The standard InChI is InChI=1S/C13H18N4O4/c14-13(15-19)11-7-10(17(20)21)1-2-12(11)16-5-3-9(8-18)4-6-16/h1-2,7,9,18-19H,3-6,8H2,(H2,14,15). The molecule has 0 spiro atoms. The quantitative estimate of drug-likeness (QED) is 0.249. The molecule has 2 rings (SSSR count). The molecule has 1 aromatic carbocycles. The van der Waals surface area contributed by atoms with Crippen LogP contribution in [0.2, 0.25) is 0 Å². The predicted molar refractivity (Wildman–Crippen MR) is 77.6 cm³/mol. The lowest BCUT2D eigenvalue weighted by molar-refractivity contribution is -0.384. The first-order chi connectivity index (χ1) is 10.1. The number of hydrogen-bond acceptors (Lipinski definition) is 6. The van der Waals surface area contributed by atoms with Gasteiger partial charge in [0.15, 0.2) is 5.84 Å². The van der Waals surface area contributed by atoms with E-state index in [1.807, 2.05) is 4.90 Å². The summed E-state index contributed by atoms with van der Waals surface area (Å²) in [5.74, 6) is 0.129. The smallest absolute Gasteiger partial charge is 0.270 e. The molecule has 8 nitrogen and oxygen atoms in total. The van der Waals surface area contributed by atoms with E-state index >= 15 is 0 Å². The normalized spacial score (nSPS) is 17.0. The van der Waals surface area contributed by atoms with Gasteiger partial charge in [-0.3, -0.25) is 10.1 Å². The minimum absolute atomic E-state index is 0.106. The summed E-state index contributed by atoms with van der Waals surface area (Å²) in [5.41, 5.74) is 6.57. The van der Waals surface area contributed by atoms with Crippen LogP contribution in [-0.2, 0) is 0 Å². The third-order valence-corrected chi connectivity index (χ3v) is 3.79. The van der Waals surface area contributed by atoms with Crippen LogP contribution in [0.4, 0.5) is 11.4 Å². The number of anilines is 1. The zero-order chi connectivity index (χ0) is 15.4. The number of benzene rings is 1. The molecule has 1 aromatic rings. The number of nitrogens with zero attached hydrogens (tertiary/aromatic N) is 3. The van der Waals surface area contributed by atoms with Gasteiger partial charge in [-0.25, -0.2) is 0 Å². The molecule has 1 aliphatic heterocycles. The molecule has 1 heterocycles. The number of amidine groups is 1. The van der Waals surface area contributed by atoms with E-state index in [-0.39, 0.29) is 24.0 Å².